The van der Waals surface area contributed by atoms with Crippen LogP contribution in [-0.2, 0) is 33.3 Å². The molecule has 7 unspecified atom stereocenters. The van der Waals surface area contributed by atoms with Crippen molar-refractivity contribution in [1.82, 2.24) is 5.32 Å². The zero-order chi connectivity index (χ0) is 22.1. The molecule has 0 amide bonds. The molecule has 8 heteroatoms. The van der Waals surface area contributed by atoms with E-state index >= 15 is 0 Å². The van der Waals surface area contributed by atoms with E-state index in [1.807, 2.05) is 0 Å². The van der Waals surface area contributed by atoms with Gasteiger partial charge < -0.3 is 23.7 Å². The van der Waals surface area contributed by atoms with Gasteiger partial charge in [0.1, 0.15) is 29.5 Å². The van der Waals surface area contributed by atoms with Crippen LogP contribution in [0.3, 0.4) is 0 Å². The molecule has 30 heavy (non-hydrogen) atoms. The van der Waals surface area contributed by atoms with Crippen molar-refractivity contribution in [2.24, 2.45) is 5.92 Å². The molecule has 0 aromatic rings. The van der Waals surface area contributed by atoms with Gasteiger partial charge in [-0.3, -0.25) is 14.9 Å². The molecule has 170 valence electrons. The van der Waals surface area contributed by atoms with Crippen molar-refractivity contribution in [2.45, 2.75) is 82.5 Å². The average molecular weight is 426 g/mol. The van der Waals surface area contributed by atoms with E-state index in [1.165, 1.54) is 12.7 Å². The van der Waals surface area contributed by atoms with Crippen LogP contribution in [0.1, 0.15) is 47.0 Å². The van der Waals surface area contributed by atoms with Gasteiger partial charge in [0, 0.05) is 7.11 Å². The first-order valence-corrected chi connectivity index (χ1v) is 10.7. The van der Waals surface area contributed by atoms with E-state index in [1.54, 1.807) is 14.0 Å². The van der Waals surface area contributed by atoms with Gasteiger partial charge >= 0.3 is 11.9 Å². The summed E-state index contributed by atoms with van der Waals surface area (Å²) in [6.07, 6.45) is 3.91. The van der Waals surface area contributed by atoms with Crippen molar-refractivity contribution in [3.05, 3.63) is 11.6 Å². The average Bonchev–Trinajstić information content (AvgIpc) is 3.62. The summed E-state index contributed by atoms with van der Waals surface area (Å²) in [5.74, 6) is -0.865. The minimum atomic E-state index is -0.586. The maximum atomic E-state index is 12.4. The number of carbonyl (C=O) groups is 2. The van der Waals surface area contributed by atoms with E-state index in [2.05, 4.69) is 36.9 Å². The number of allylic oxidation sites excluding steroid dienone is 1. The fraction of sp³-hybridized carbons (Fsp3) is 0.818. The summed E-state index contributed by atoms with van der Waals surface area (Å²) in [6.45, 7) is 8.51. The quantitative estimate of drug-likeness (QED) is 0.339. The minimum absolute atomic E-state index is 0.0148. The number of methoxy groups -OCH3 is 2. The van der Waals surface area contributed by atoms with Crippen LogP contribution in [0, 0.1) is 5.92 Å². The molecule has 7 atom stereocenters. The monoisotopic (exact) mass is 425 g/mol. The number of carbonyl (C=O) groups excluding carboxylic acids is 2. The molecule has 1 aliphatic carbocycles. The normalized spacial score (nSPS) is 37.9. The van der Waals surface area contributed by atoms with Crippen molar-refractivity contribution < 1.29 is 33.3 Å². The van der Waals surface area contributed by atoms with Gasteiger partial charge in [-0.15, -0.1) is 0 Å². The Kier molecular flexibility index (Phi) is 6.91. The molecule has 2 heterocycles. The Morgan fingerprint density at radius 2 is 2.00 bits per heavy atom. The summed E-state index contributed by atoms with van der Waals surface area (Å²) in [6, 6.07) is -0.586. The number of nitrogens with one attached hydrogen (secondary N) is 1. The van der Waals surface area contributed by atoms with Gasteiger partial charge in [0.25, 0.3) is 0 Å². The van der Waals surface area contributed by atoms with Gasteiger partial charge in [0.05, 0.1) is 32.3 Å². The number of hydrogen-bond donors (Lipinski definition) is 1. The van der Waals surface area contributed by atoms with Gasteiger partial charge in [-0.25, -0.2) is 0 Å². The summed E-state index contributed by atoms with van der Waals surface area (Å²) in [7, 11) is 2.96. The SMILES string of the molecule is COC(=O)C(C)NCC(=O)OC1CCC2(CO2)C(C2(C)OC2CC=C(C)C)C1OC. The third-order valence-electron chi connectivity index (χ3n) is 6.63. The molecule has 2 saturated heterocycles. The van der Waals surface area contributed by atoms with Gasteiger partial charge in [-0.1, -0.05) is 11.6 Å². The first kappa shape index (κ1) is 23.2. The Balaban J connectivity index is 1.64. The lowest BCUT2D eigenvalue weighted by Crippen LogP contribution is -2.56. The highest BCUT2D eigenvalue weighted by Crippen LogP contribution is 2.59. The number of epoxide rings is 2. The molecule has 0 radical (unpaired) electrons. The van der Waals surface area contributed by atoms with Crippen molar-refractivity contribution >= 4 is 11.9 Å². The smallest absolute Gasteiger partial charge is 0.322 e. The molecule has 2 aliphatic heterocycles. The zero-order valence-corrected chi connectivity index (χ0v) is 18.9. The van der Waals surface area contributed by atoms with Crippen molar-refractivity contribution in [2.75, 3.05) is 27.4 Å². The van der Waals surface area contributed by atoms with E-state index in [0.29, 0.717) is 13.0 Å². The lowest BCUT2D eigenvalue weighted by molar-refractivity contribution is -0.171. The third-order valence-corrected chi connectivity index (χ3v) is 6.63. The van der Waals surface area contributed by atoms with Crippen LogP contribution in [0.25, 0.3) is 0 Å². The van der Waals surface area contributed by atoms with E-state index in [4.69, 9.17) is 18.9 Å². The van der Waals surface area contributed by atoms with Crippen LogP contribution in [0.2, 0.25) is 0 Å². The molecule has 8 nitrogen and oxygen atoms in total. The second-order valence-corrected chi connectivity index (χ2v) is 9.03. The second kappa shape index (κ2) is 8.94. The van der Waals surface area contributed by atoms with E-state index in [-0.39, 0.29) is 42.0 Å². The van der Waals surface area contributed by atoms with Crippen LogP contribution in [0.5, 0.6) is 0 Å². The maximum Gasteiger partial charge on any atom is 0.322 e. The minimum Gasteiger partial charge on any atom is -0.468 e. The summed E-state index contributed by atoms with van der Waals surface area (Å²) < 4.78 is 28.4. The Bertz CT molecular complexity index is 685. The second-order valence-electron chi connectivity index (χ2n) is 9.03. The predicted molar refractivity (Wildman–Crippen MR) is 109 cm³/mol. The highest BCUT2D eigenvalue weighted by Gasteiger charge is 2.72. The number of hydrogen-bond acceptors (Lipinski definition) is 8. The Hall–Kier alpha value is -1.48. The van der Waals surface area contributed by atoms with Crippen LogP contribution in [0.4, 0.5) is 0 Å². The third kappa shape index (κ3) is 4.72. The van der Waals surface area contributed by atoms with E-state index < -0.39 is 18.0 Å². The Labute approximate surface area is 178 Å². The van der Waals surface area contributed by atoms with Gasteiger partial charge in [0.15, 0.2) is 0 Å². The maximum absolute atomic E-state index is 12.4. The molecular weight excluding hydrogens is 390 g/mol. The molecule has 0 aromatic carbocycles. The molecule has 1 spiro atoms. The number of rotatable bonds is 9. The lowest BCUT2D eigenvalue weighted by Gasteiger charge is -2.42. The summed E-state index contributed by atoms with van der Waals surface area (Å²) >= 11 is 0. The van der Waals surface area contributed by atoms with Crippen LogP contribution < -0.4 is 5.32 Å². The van der Waals surface area contributed by atoms with Crippen molar-refractivity contribution in [3.8, 4) is 0 Å². The molecular formula is C22H35NO7. The Morgan fingerprint density at radius 3 is 2.57 bits per heavy atom. The fourth-order valence-electron chi connectivity index (χ4n) is 4.78. The van der Waals surface area contributed by atoms with Crippen LogP contribution in [-0.4, -0.2) is 74.9 Å². The van der Waals surface area contributed by atoms with E-state index in [0.717, 1.165) is 12.8 Å². The van der Waals surface area contributed by atoms with Gasteiger partial charge in [-0.2, -0.15) is 0 Å². The van der Waals surface area contributed by atoms with Gasteiger partial charge in [-0.05, 0) is 47.0 Å². The highest BCUT2D eigenvalue weighted by molar-refractivity contribution is 5.77. The van der Waals surface area contributed by atoms with Crippen molar-refractivity contribution in [3.63, 3.8) is 0 Å². The number of esters is 2. The van der Waals surface area contributed by atoms with Crippen molar-refractivity contribution in [1.29, 1.82) is 0 Å². The fourth-order valence-corrected chi connectivity index (χ4v) is 4.78. The Morgan fingerprint density at radius 1 is 1.30 bits per heavy atom. The largest absolute Gasteiger partial charge is 0.468 e. The van der Waals surface area contributed by atoms with Gasteiger partial charge in [0.2, 0.25) is 0 Å². The number of ether oxygens (including phenoxy) is 5. The standard InChI is InChI=1S/C22H35NO7/c1-13(2)7-8-16-21(4,30-16)19-18(26-5)15(9-10-22(19)12-28-22)29-17(24)11-23-14(3)20(25)27-6/h7,14-16,18-19,23H,8-12H2,1-6H3. The molecule has 1 saturated carbocycles. The summed E-state index contributed by atoms with van der Waals surface area (Å²) in [5.41, 5.74) is 0.638. The predicted octanol–water partition coefficient (Wildman–Crippen LogP) is 1.76. The molecule has 1 N–H and O–H groups in total. The lowest BCUT2D eigenvalue weighted by atomic mass is 9.68. The molecule has 3 aliphatic rings. The topological polar surface area (TPSA) is 98.9 Å². The molecule has 3 fully saturated rings. The molecule has 0 bridgehead atoms. The van der Waals surface area contributed by atoms with Crippen LogP contribution in [0.15, 0.2) is 11.6 Å². The summed E-state index contributed by atoms with van der Waals surface area (Å²) in [4.78, 5) is 23.9. The molecule has 3 rings (SSSR count). The first-order valence-electron chi connectivity index (χ1n) is 10.7. The summed E-state index contributed by atoms with van der Waals surface area (Å²) in [5, 5.41) is 2.83. The first-order chi connectivity index (χ1) is 14.2. The van der Waals surface area contributed by atoms with Crippen LogP contribution >= 0.6 is 0 Å². The highest BCUT2D eigenvalue weighted by atomic mass is 16.6. The molecule has 0 aromatic heterocycles. The van der Waals surface area contributed by atoms with E-state index in [9.17, 15) is 9.59 Å². The zero-order valence-electron chi connectivity index (χ0n) is 18.9.